The second-order valence-electron chi connectivity index (χ2n) is 22.2. The standard InChI is InChI=1S/C47H76O19/c1-18-13-22(21-11-12-45(4)23-9-10-29-46(5,14-26(50)40(59)47(29,6)17-49)24(23)7-8-25(45)30(21)19(18)2)41(60)66-44-37(57)34(54)32(52)28(64-44)16-61-42-38(58)35(55)39(27(15-48)63-42)65-43-36(56)33(53)31(51)20(3)62-43/h8,18-24,26-40,42-44,48-59H,7,9-17H2,1-6H3/t18?,19?,20?,21?,22?,23?,24?,26?,27?,28?,29?,30?,31?,32?,33-,34+,35-,36-,37-,38-,39?,40?,42+,43+,44-,45?,46?,47?/m0/s1. The molecule has 19 unspecified atom stereocenters. The Morgan fingerprint density at radius 1 is 0.742 bits per heavy atom. The molecule has 378 valence electrons. The van der Waals surface area contributed by atoms with Crippen molar-refractivity contribution in [2.45, 2.75) is 191 Å². The molecule has 0 bridgehead atoms. The van der Waals surface area contributed by atoms with E-state index in [2.05, 4.69) is 33.8 Å². The van der Waals surface area contributed by atoms with Gasteiger partial charge in [0.25, 0.3) is 0 Å². The van der Waals surface area contributed by atoms with Gasteiger partial charge in [-0.05, 0) is 104 Å². The van der Waals surface area contributed by atoms with Crippen LogP contribution < -0.4 is 0 Å². The van der Waals surface area contributed by atoms with Gasteiger partial charge >= 0.3 is 5.97 Å². The van der Waals surface area contributed by atoms with Crippen LogP contribution in [0.1, 0.15) is 86.5 Å². The van der Waals surface area contributed by atoms with Gasteiger partial charge < -0.3 is 89.7 Å². The van der Waals surface area contributed by atoms with E-state index in [0.717, 1.165) is 32.1 Å². The third-order valence-electron chi connectivity index (χ3n) is 18.8. The van der Waals surface area contributed by atoms with Gasteiger partial charge in [0, 0.05) is 5.41 Å². The summed E-state index contributed by atoms with van der Waals surface area (Å²) in [6.07, 6.45) is -18.6. The molecule has 0 amide bonds. The number of hydrogen-bond acceptors (Lipinski definition) is 19. The van der Waals surface area contributed by atoms with Gasteiger partial charge in [-0.1, -0.05) is 46.3 Å². The molecule has 0 spiro atoms. The molecule has 12 N–H and O–H groups in total. The largest absolute Gasteiger partial charge is 0.432 e. The van der Waals surface area contributed by atoms with E-state index in [1.165, 1.54) is 12.5 Å². The molecule has 0 aromatic heterocycles. The van der Waals surface area contributed by atoms with Crippen LogP contribution in [0.4, 0.5) is 0 Å². The first kappa shape index (κ1) is 50.9. The molecule has 19 nitrogen and oxygen atoms in total. The van der Waals surface area contributed by atoms with Crippen molar-refractivity contribution in [3.63, 3.8) is 0 Å². The van der Waals surface area contributed by atoms with Crippen LogP contribution in [0.3, 0.4) is 0 Å². The van der Waals surface area contributed by atoms with Crippen LogP contribution in [0, 0.1) is 63.6 Å². The van der Waals surface area contributed by atoms with Crippen LogP contribution in [-0.4, -0.2) is 191 Å². The summed E-state index contributed by atoms with van der Waals surface area (Å²) in [5, 5.41) is 129. The number of rotatable bonds is 9. The summed E-state index contributed by atoms with van der Waals surface area (Å²) in [5.41, 5.74) is 0.0866. The fourth-order valence-corrected chi connectivity index (χ4v) is 14.7. The van der Waals surface area contributed by atoms with Crippen molar-refractivity contribution in [3.8, 4) is 0 Å². The first-order chi connectivity index (χ1) is 31.0. The van der Waals surface area contributed by atoms with Crippen molar-refractivity contribution in [2.24, 2.45) is 63.6 Å². The monoisotopic (exact) mass is 944 g/mol. The number of carbonyl (C=O) groups excluding carboxylic acids is 1. The Bertz CT molecular complexity index is 1750. The first-order valence-electron chi connectivity index (χ1n) is 24.2. The summed E-state index contributed by atoms with van der Waals surface area (Å²) in [4.78, 5) is 14.4. The molecule has 7 fully saturated rings. The predicted molar refractivity (Wildman–Crippen MR) is 227 cm³/mol. The second-order valence-corrected chi connectivity index (χ2v) is 22.2. The Labute approximate surface area is 385 Å². The molecule has 3 heterocycles. The zero-order chi connectivity index (χ0) is 48.1. The maximum Gasteiger partial charge on any atom is 0.311 e. The fourth-order valence-electron chi connectivity index (χ4n) is 14.7. The number of fused-ring (bicyclic) bond motifs is 7. The highest BCUT2D eigenvalue weighted by Crippen LogP contribution is 2.70. The highest BCUT2D eigenvalue weighted by atomic mass is 16.8. The summed E-state index contributed by atoms with van der Waals surface area (Å²) in [6.45, 7) is 10.7. The average Bonchev–Trinajstić information content (AvgIpc) is 3.29. The van der Waals surface area contributed by atoms with Crippen LogP contribution in [0.25, 0.3) is 0 Å². The molecule has 3 aliphatic heterocycles. The van der Waals surface area contributed by atoms with Crippen molar-refractivity contribution >= 4 is 5.97 Å². The molecule has 0 aromatic rings. The predicted octanol–water partition coefficient (Wildman–Crippen LogP) is -1.57. The van der Waals surface area contributed by atoms with E-state index >= 15 is 0 Å². The summed E-state index contributed by atoms with van der Waals surface area (Å²) in [6, 6.07) is 0. The maximum atomic E-state index is 14.4. The lowest BCUT2D eigenvalue weighted by atomic mass is 9.38. The maximum absolute atomic E-state index is 14.4. The van der Waals surface area contributed by atoms with E-state index < -0.39 is 135 Å². The van der Waals surface area contributed by atoms with Gasteiger partial charge in [-0.3, -0.25) is 4.79 Å². The number of hydrogen-bond donors (Lipinski definition) is 12. The van der Waals surface area contributed by atoms with Crippen LogP contribution in [0.15, 0.2) is 11.6 Å². The van der Waals surface area contributed by atoms with Crippen molar-refractivity contribution in [1.82, 2.24) is 0 Å². The molecule has 4 saturated carbocycles. The smallest absolute Gasteiger partial charge is 0.311 e. The second kappa shape index (κ2) is 18.9. The Kier molecular flexibility index (Phi) is 14.6. The molecule has 28 atom stereocenters. The lowest BCUT2D eigenvalue weighted by Crippen LogP contribution is -2.65. The van der Waals surface area contributed by atoms with Gasteiger partial charge in [0.05, 0.1) is 44.1 Å². The topological polar surface area (TPSA) is 315 Å². The Hall–Kier alpha value is -1.47. The molecular weight excluding hydrogens is 868 g/mol. The molecule has 0 aromatic carbocycles. The van der Waals surface area contributed by atoms with Gasteiger partial charge in [0.2, 0.25) is 6.29 Å². The SMILES string of the molecule is CC1CC(C(=O)O[C@@H]2OC(CO[C@@H]3OC(CO)C(O[C@H]4OC(C)C(O)[C@H](O)[C@@H]4O)[C@@H](O)[C@@H]3O)C(O)[C@@H](O)[C@@H]2O)C2CCC3(C)C(=CCC4C3CCC3C(C)(CO)C(O)C(O)CC43C)C2C1C. The van der Waals surface area contributed by atoms with E-state index in [-0.39, 0.29) is 52.9 Å². The Balaban J connectivity index is 0.933. The minimum absolute atomic E-state index is 0.0458. The van der Waals surface area contributed by atoms with Gasteiger partial charge in [0.15, 0.2) is 12.6 Å². The first-order valence-corrected chi connectivity index (χ1v) is 24.2. The third kappa shape index (κ3) is 8.24. The van der Waals surface area contributed by atoms with E-state index in [9.17, 15) is 66.1 Å². The molecule has 19 heteroatoms. The van der Waals surface area contributed by atoms with E-state index in [4.69, 9.17) is 28.4 Å². The average molecular weight is 945 g/mol. The minimum atomic E-state index is -1.85. The lowest BCUT2D eigenvalue weighted by Gasteiger charge is -2.67. The summed E-state index contributed by atoms with van der Waals surface area (Å²) in [7, 11) is 0. The number of allylic oxidation sites excluding steroid dienone is 2. The van der Waals surface area contributed by atoms with Crippen molar-refractivity contribution < 1.29 is 94.5 Å². The summed E-state index contributed by atoms with van der Waals surface area (Å²) >= 11 is 0. The van der Waals surface area contributed by atoms with Crippen LogP contribution in [0.2, 0.25) is 0 Å². The van der Waals surface area contributed by atoms with Gasteiger partial charge in [0.1, 0.15) is 67.1 Å². The number of esters is 1. The van der Waals surface area contributed by atoms with E-state index in [1.807, 2.05) is 6.92 Å². The highest BCUT2D eigenvalue weighted by molar-refractivity contribution is 5.73. The number of carbonyl (C=O) groups is 1. The molecule has 8 aliphatic rings. The van der Waals surface area contributed by atoms with Gasteiger partial charge in [-0.15, -0.1) is 0 Å². The summed E-state index contributed by atoms with van der Waals surface area (Å²) in [5.74, 6) is -0.222. The molecule has 66 heavy (non-hydrogen) atoms. The quantitative estimate of drug-likeness (QED) is 0.0918. The van der Waals surface area contributed by atoms with E-state index in [1.54, 1.807) is 0 Å². The Morgan fingerprint density at radius 3 is 2.08 bits per heavy atom. The Morgan fingerprint density at radius 2 is 1.39 bits per heavy atom. The van der Waals surface area contributed by atoms with Crippen LogP contribution in [-0.2, 0) is 33.2 Å². The highest BCUT2D eigenvalue weighted by Gasteiger charge is 2.66. The van der Waals surface area contributed by atoms with Gasteiger partial charge in [-0.25, -0.2) is 0 Å². The molecule has 8 rings (SSSR count). The summed E-state index contributed by atoms with van der Waals surface area (Å²) < 4.78 is 34.3. The van der Waals surface area contributed by atoms with Crippen molar-refractivity contribution in [3.05, 3.63) is 11.6 Å². The van der Waals surface area contributed by atoms with Crippen LogP contribution >= 0.6 is 0 Å². The number of aliphatic hydroxyl groups excluding tert-OH is 12. The fraction of sp³-hybridized carbons (Fsp3) is 0.936. The zero-order valence-corrected chi connectivity index (χ0v) is 38.8. The van der Waals surface area contributed by atoms with E-state index in [0.29, 0.717) is 18.8 Å². The number of ether oxygens (including phenoxy) is 6. The normalized spacial score (nSPS) is 56.2. The minimum Gasteiger partial charge on any atom is -0.432 e. The third-order valence-corrected chi connectivity index (χ3v) is 18.8. The van der Waals surface area contributed by atoms with Crippen LogP contribution in [0.5, 0.6) is 0 Å². The lowest BCUT2D eigenvalue weighted by molar-refractivity contribution is -0.361. The zero-order valence-electron chi connectivity index (χ0n) is 38.8. The molecule has 3 saturated heterocycles. The van der Waals surface area contributed by atoms with Crippen molar-refractivity contribution in [1.29, 1.82) is 0 Å². The van der Waals surface area contributed by atoms with Crippen molar-refractivity contribution in [2.75, 3.05) is 19.8 Å². The van der Waals surface area contributed by atoms with Gasteiger partial charge in [-0.2, -0.15) is 0 Å². The molecular formula is C47H76O19. The number of aliphatic hydroxyl groups is 12. The molecule has 5 aliphatic carbocycles. The molecule has 0 radical (unpaired) electrons.